The first-order valence-electron chi connectivity index (χ1n) is 17.0. The van der Waals surface area contributed by atoms with Crippen LogP contribution in [0, 0.1) is 34.5 Å². The van der Waals surface area contributed by atoms with Crippen LogP contribution in [0.15, 0.2) is 11.6 Å². The lowest BCUT2D eigenvalue weighted by atomic mass is 9.47. The summed E-state index contributed by atoms with van der Waals surface area (Å²) in [4.78, 5) is 14.8. The van der Waals surface area contributed by atoms with Crippen molar-refractivity contribution in [2.45, 2.75) is 130 Å². The molecule has 12 heteroatoms. The summed E-state index contributed by atoms with van der Waals surface area (Å²) < 4.78 is 46.7. The van der Waals surface area contributed by atoms with Gasteiger partial charge in [0, 0.05) is 5.92 Å². The van der Waals surface area contributed by atoms with E-state index in [2.05, 4.69) is 49.8 Å². The molecule has 4 fully saturated rings. The van der Waals surface area contributed by atoms with Crippen LogP contribution < -0.4 is 0 Å². The summed E-state index contributed by atoms with van der Waals surface area (Å²) in [7, 11) is -4.77. The van der Waals surface area contributed by atoms with Crippen molar-refractivity contribution < 1.29 is 46.7 Å². The van der Waals surface area contributed by atoms with E-state index in [0.717, 1.165) is 44.9 Å². The highest BCUT2D eigenvalue weighted by molar-refractivity contribution is 7.80. The Morgan fingerprint density at radius 3 is 2.22 bits per heavy atom. The lowest BCUT2D eigenvalue weighted by molar-refractivity contribution is -0.312. The molecular formula is C33H57NO10S. The molecule has 0 aromatic heterocycles. The van der Waals surface area contributed by atoms with Crippen LogP contribution in [0.5, 0.6) is 0 Å². The molecule has 0 spiro atoms. The van der Waals surface area contributed by atoms with Crippen LogP contribution in [0.2, 0.25) is 0 Å². The molecular weight excluding hydrogens is 602 g/mol. The number of hydrogen-bond acceptors (Lipinski definition) is 10. The van der Waals surface area contributed by atoms with E-state index in [4.69, 9.17) is 14.0 Å². The number of Topliss-reactive ketones (excluding diaryl/α,β-unsaturated/α-hetero) is 1. The number of aliphatic hydroxyl groups excluding tert-OH is 3. The molecule has 0 amide bonds. The number of ether oxygens (including phenoxy) is 2. The van der Waals surface area contributed by atoms with Crippen molar-refractivity contribution >= 4 is 16.2 Å². The second kappa shape index (κ2) is 14.7. The molecule has 45 heavy (non-hydrogen) atoms. The second-order valence-electron chi connectivity index (χ2n) is 14.4. The van der Waals surface area contributed by atoms with Crippen molar-refractivity contribution in [1.82, 2.24) is 4.90 Å². The molecule has 0 bridgehead atoms. The minimum Gasteiger partial charge on any atom is -0.387 e. The number of carbonyl (C=O) groups is 1. The summed E-state index contributed by atoms with van der Waals surface area (Å²) in [5, 5.41) is 31.0. The highest BCUT2D eigenvalue weighted by Crippen LogP contribution is 2.66. The van der Waals surface area contributed by atoms with E-state index in [1.54, 1.807) is 6.92 Å². The van der Waals surface area contributed by atoms with Crippen molar-refractivity contribution in [2.24, 2.45) is 34.5 Å². The number of hydrogen-bond donors (Lipinski definition) is 4. The Morgan fingerprint density at radius 2 is 1.64 bits per heavy atom. The van der Waals surface area contributed by atoms with Gasteiger partial charge in [0.2, 0.25) is 0 Å². The van der Waals surface area contributed by atoms with Crippen molar-refractivity contribution in [3.63, 3.8) is 0 Å². The van der Waals surface area contributed by atoms with E-state index < -0.39 is 47.7 Å². The molecule has 0 aromatic carbocycles. The Hall–Kier alpha value is -0.960. The van der Waals surface area contributed by atoms with Crippen molar-refractivity contribution in [3.8, 4) is 0 Å². The van der Waals surface area contributed by atoms with Gasteiger partial charge in [-0.15, -0.1) is 0 Å². The number of allylic oxidation sites excluding steroid dienone is 1. The lowest BCUT2D eigenvalue weighted by Crippen LogP contribution is -2.60. The molecule has 0 aromatic rings. The molecule has 4 N–H and O–H groups in total. The van der Waals surface area contributed by atoms with Gasteiger partial charge in [0.25, 0.3) is 0 Å². The van der Waals surface area contributed by atoms with Crippen molar-refractivity contribution in [3.05, 3.63) is 11.6 Å². The van der Waals surface area contributed by atoms with Gasteiger partial charge in [-0.2, -0.15) is 8.42 Å². The van der Waals surface area contributed by atoms with Gasteiger partial charge < -0.3 is 29.7 Å². The highest BCUT2D eigenvalue weighted by atomic mass is 32.3. The first-order chi connectivity index (χ1) is 21.1. The van der Waals surface area contributed by atoms with Gasteiger partial charge in [-0.1, -0.05) is 46.3 Å². The average Bonchev–Trinajstić information content (AvgIpc) is 3.35. The number of nitrogens with zero attached hydrogens (tertiary/aromatic N) is 1. The van der Waals surface area contributed by atoms with Crippen LogP contribution in [0.3, 0.4) is 0 Å². The Labute approximate surface area is 269 Å². The van der Waals surface area contributed by atoms with Crippen molar-refractivity contribution in [2.75, 3.05) is 26.2 Å². The number of ketones is 1. The van der Waals surface area contributed by atoms with Gasteiger partial charge in [0.15, 0.2) is 6.29 Å². The molecule has 3 saturated carbocycles. The van der Waals surface area contributed by atoms with E-state index in [9.17, 15) is 28.5 Å². The summed E-state index contributed by atoms with van der Waals surface area (Å²) in [6.07, 6.45) is 2.33. The van der Waals surface area contributed by atoms with Gasteiger partial charge in [0.1, 0.15) is 30.2 Å². The zero-order chi connectivity index (χ0) is 33.3. The van der Waals surface area contributed by atoms with Gasteiger partial charge in [-0.05, 0) is 107 Å². The summed E-state index contributed by atoms with van der Waals surface area (Å²) in [5.74, 6) is 2.22. The molecule has 4 aliphatic carbocycles. The minimum absolute atomic E-state index is 0.0476. The van der Waals surface area contributed by atoms with E-state index >= 15 is 0 Å². The topological polar surface area (TPSA) is 163 Å². The van der Waals surface area contributed by atoms with Gasteiger partial charge in [-0.25, -0.2) is 4.18 Å². The fourth-order valence-electron chi connectivity index (χ4n) is 9.59. The maximum atomic E-state index is 12.4. The fraction of sp³-hybridized carbons (Fsp3) is 0.909. The first-order valence-corrected chi connectivity index (χ1v) is 18.3. The maximum Gasteiger partial charge on any atom is 0.397 e. The smallest absolute Gasteiger partial charge is 0.387 e. The molecule has 260 valence electrons. The molecule has 7 unspecified atom stereocenters. The molecule has 12 atom stereocenters. The molecule has 1 heterocycles. The minimum atomic E-state index is -4.77. The Kier molecular flexibility index (Phi) is 12.0. The third-order valence-corrected chi connectivity index (χ3v) is 12.7. The fourth-order valence-corrected chi connectivity index (χ4v) is 9.90. The number of rotatable bonds is 9. The van der Waals surface area contributed by atoms with Gasteiger partial charge in [-0.3, -0.25) is 9.35 Å². The maximum absolute atomic E-state index is 12.4. The van der Waals surface area contributed by atoms with E-state index in [1.165, 1.54) is 25.2 Å². The second-order valence-corrected chi connectivity index (χ2v) is 15.5. The Morgan fingerprint density at radius 1 is 0.978 bits per heavy atom. The molecule has 1 saturated heterocycles. The standard InChI is InChI=1S/C27H42O10S.C6H15N/c1-14(28)18-6-7-19-17-5-4-15-12-16(8-10-26(15,2)20(17)9-11-27(18,19)3)36-25-24(31)23(30)22(29)21(37-25)13-35-38(32,33)34;1-4-7(5-2)6-3/h4,16-25,29-31H,5-13H2,1-3H3,(H,32,33,34);4-6H2,1-3H3/t16-,17-,18+,19?,20?,21?,22?,23?,24?,25?,26-,27+;/m0./s1. The normalized spacial score (nSPS) is 43.0. The SMILES string of the molecule is CC(=O)[C@H]1CCC2[C@@H]3CC=C4C[C@@H](OC5OC(COS(=O)(=O)O)C(O)C(O)C5O)CC[C@]4(C)C3CC[C@@]21C.CCN(CC)CC. The molecule has 11 nitrogen and oxygen atoms in total. The van der Waals surface area contributed by atoms with Crippen LogP contribution in [0.4, 0.5) is 0 Å². The van der Waals surface area contributed by atoms with Gasteiger partial charge >= 0.3 is 10.4 Å². The number of carbonyl (C=O) groups excluding carboxylic acids is 1. The van der Waals surface area contributed by atoms with Crippen LogP contribution in [-0.4, -0.2) is 102 Å². The quantitative estimate of drug-likeness (QED) is 0.212. The lowest BCUT2D eigenvalue weighted by Gasteiger charge is -2.58. The van der Waals surface area contributed by atoms with E-state index in [0.29, 0.717) is 30.0 Å². The largest absolute Gasteiger partial charge is 0.397 e. The molecule has 1 aliphatic heterocycles. The Bertz CT molecular complexity index is 1150. The summed E-state index contributed by atoms with van der Waals surface area (Å²) in [6, 6.07) is 0. The first kappa shape index (κ1) is 36.9. The summed E-state index contributed by atoms with van der Waals surface area (Å²) >= 11 is 0. The third-order valence-electron chi connectivity index (χ3n) is 12.3. The molecule has 0 radical (unpaired) electrons. The number of aliphatic hydroxyl groups is 3. The van der Waals surface area contributed by atoms with Crippen LogP contribution >= 0.6 is 0 Å². The highest BCUT2D eigenvalue weighted by Gasteiger charge is 2.59. The zero-order valence-electron chi connectivity index (χ0n) is 27.9. The third kappa shape index (κ3) is 7.70. The van der Waals surface area contributed by atoms with Crippen LogP contribution in [0.25, 0.3) is 0 Å². The van der Waals surface area contributed by atoms with Crippen LogP contribution in [-0.2, 0) is 28.9 Å². The van der Waals surface area contributed by atoms with E-state index in [1.807, 2.05) is 0 Å². The summed E-state index contributed by atoms with van der Waals surface area (Å²) in [5.41, 5.74) is 1.49. The zero-order valence-corrected chi connectivity index (χ0v) is 28.7. The predicted molar refractivity (Wildman–Crippen MR) is 168 cm³/mol. The van der Waals surface area contributed by atoms with E-state index in [-0.39, 0.29) is 22.9 Å². The van der Waals surface area contributed by atoms with Crippen molar-refractivity contribution in [1.29, 1.82) is 0 Å². The molecule has 5 aliphatic rings. The average molecular weight is 660 g/mol. The van der Waals surface area contributed by atoms with Gasteiger partial charge in [0.05, 0.1) is 12.7 Å². The van der Waals surface area contributed by atoms with Crippen LogP contribution in [0.1, 0.15) is 92.9 Å². The molecule has 5 rings (SSSR count). The predicted octanol–water partition coefficient (Wildman–Crippen LogP) is 3.51. The Balaban J connectivity index is 0.000000591. The monoisotopic (exact) mass is 659 g/mol. The summed E-state index contributed by atoms with van der Waals surface area (Å²) in [6.45, 7) is 15.8. The number of fused-ring (bicyclic) bond motifs is 5.